The maximum atomic E-state index is 12.8. The number of hydrogen-bond acceptors (Lipinski definition) is 4. The molecule has 0 saturated carbocycles. The molecule has 4 rings (SSSR count). The van der Waals surface area contributed by atoms with Crippen LogP contribution in [0, 0.1) is 5.92 Å². The van der Waals surface area contributed by atoms with E-state index in [0.717, 1.165) is 32.5 Å². The van der Waals surface area contributed by atoms with E-state index < -0.39 is 14.6 Å². The van der Waals surface area contributed by atoms with Gasteiger partial charge in [-0.15, -0.1) is 0 Å². The van der Waals surface area contributed by atoms with Gasteiger partial charge < -0.3 is 15.1 Å². The molecule has 3 heterocycles. The molecule has 1 N–H and O–H groups in total. The van der Waals surface area contributed by atoms with E-state index in [1.807, 2.05) is 30.3 Å². The summed E-state index contributed by atoms with van der Waals surface area (Å²) < 4.78 is 24.9. The fourth-order valence-corrected chi connectivity index (χ4v) is 7.40. The predicted molar refractivity (Wildman–Crippen MR) is 110 cm³/mol. The fraction of sp³-hybridized carbons (Fsp3) is 0.667. The van der Waals surface area contributed by atoms with Crippen molar-refractivity contribution in [2.45, 2.75) is 36.9 Å². The van der Waals surface area contributed by atoms with E-state index in [0.29, 0.717) is 19.6 Å². The second-order valence-electron chi connectivity index (χ2n) is 8.55. The molecule has 154 valence electrons. The first-order valence-corrected chi connectivity index (χ1v) is 12.2. The lowest BCUT2D eigenvalue weighted by Crippen LogP contribution is -2.70. The number of carbonyl (C=O) groups is 1. The van der Waals surface area contributed by atoms with Crippen LogP contribution in [0.5, 0.6) is 0 Å². The lowest BCUT2D eigenvalue weighted by atomic mass is 9.82. The molecule has 1 aromatic carbocycles. The number of benzene rings is 1. The number of carbonyl (C=O) groups excluding carboxylic acids is 1. The standard InChI is InChI=1S/C21H31N3O3S/c25-20(22-11-9-18-7-3-1-4-8-18)24-16-21(17-24)19(10-14-28(21,26)27)15-23-12-5-2-6-13-23/h1,3-4,7-8,19H,2,5-6,9-17H2,(H,22,25). The topological polar surface area (TPSA) is 69.7 Å². The third kappa shape index (κ3) is 3.79. The van der Waals surface area contributed by atoms with E-state index in [2.05, 4.69) is 10.2 Å². The fourth-order valence-electron chi connectivity index (χ4n) is 5.00. The van der Waals surface area contributed by atoms with E-state index in [-0.39, 0.29) is 17.7 Å². The van der Waals surface area contributed by atoms with Crippen LogP contribution >= 0.6 is 0 Å². The average Bonchev–Trinajstić information content (AvgIpc) is 2.92. The van der Waals surface area contributed by atoms with Gasteiger partial charge in [-0.3, -0.25) is 0 Å². The number of nitrogens with one attached hydrogen (secondary N) is 1. The molecule has 0 bridgehead atoms. The zero-order valence-electron chi connectivity index (χ0n) is 16.5. The summed E-state index contributed by atoms with van der Waals surface area (Å²) in [5.41, 5.74) is 1.18. The Morgan fingerprint density at radius 2 is 1.82 bits per heavy atom. The molecule has 1 atom stereocenters. The van der Waals surface area contributed by atoms with Crippen molar-refractivity contribution >= 4 is 15.9 Å². The van der Waals surface area contributed by atoms with E-state index in [9.17, 15) is 13.2 Å². The van der Waals surface area contributed by atoms with Gasteiger partial charge in [0.05, 0.1) is 5.75 Å². The van der Waals surface area contributed by atoms with E-state index in [4.69, 9.17) is 0 Å². The number of urea groups is 1. The van der Waals surface area contributed by atoms with Gasteiger partial charge in [-0.25, -0.2) is 13.2 Å². The quantitative estimate of drug-likeness (QED) is 0.813. The van der Waals surface area contributed by atoms with Crippen molar-refractivity contribution in [3.8, 4) is 0 Å². The first-order chi connectivity index (χ1) is 13.5. The van der Waals surface area contributed by atoms with Crippen LogP contribution in [0.1, 0.15) is 31.2 Å². The molecule has 0 radical (unpaired) electrons. The zero-order valence-corrected chi connectivity index (χ0v) is 17.3. The lowest BCUT2D eigenvalue weighted by Gasteiger charge is -2.50. The molecule has 6 nitrogen and oxygen atoms in total. The van der Waals surface area contributed by atoms with Crippen LogP contribution in [0.3, 0.4) is 0 Å². The van der Waals surface area contributed by atoms with Gasteiger partial charge >= 0.3 is 6.03 Å². The summed E-state index contributed by atoms with van der Waals surface area (Å²) in [6.07, 6.45) is 5.22. The lowest BCUT2D eigenvalue weighted by molar-refractivity contribution is 0.0848. The van der Waals surface area contributed by atoms with Crippen molar-refractivity contribution in [3.05, 3.63) is 35.9 Å². The Morgan fingerprint density at radius 3 is 2.54 bits per heavy atom. The number of sulfone groups is 1. The van der Waals surface area contributed by atoms with Gasteiger partial charge in [0.25, 0.3) is 0 Å². The maximum Gasteiger partial charge on any atom is 0.317 e. The Bertz CT molecular complexity index is 784. The SMILES string of the molecule is O=C(NCCc1ccccc1)N1CC2(C1)C(CN1CCCCC1)CCS2(=O)=O. The molecule has 1 aromatic rings. The van der Waals surface area contributed by atoms with Gasteiger partial charge in [0, 0.05) is 26.2 Å². The van der Waals surface area contributed by atoms with Crippen molar-refractivity contribution in [1.29, 1.82) is 0 Å². The van der Waals surface area contributed by atoms with Crippen LogP contribution in [0.4, 0.5) is 4.79 Å². The van der Waals surface area contributed by atoms with Gasteiger partial charge in [-0.05, 0) is 50.3 Å². The highest BCUT2D eigenvalue weighted by molar-refractivity contribution is 7.93. The van der Waals surface area contributed by atoms with Gasteiger partial charge in [-0.1, -0.05) is 36.8 Å². The molecule has 0 aromatic heterocycles. The Hall–Kier alpha value is -1.60. The van der Waals surface area contributed by atoms with Crippen molar-refractivity contribution < 1.29 is 13.2 Å². The van der Waals surface area contributed by atoms with Crippen molar-refractivity contribution in [2.75, 3.05) is 45.0 Å². The molecule has 3 fully saturated rings. The van der Waals surface area contributed by atoms with E-state index >= 15 is 0 Å². The van der Waals surface area contributed by atoms with Crippen molar-refractivity contribution in [2.24, 2.45) is 5.92 Å². The zero-order chi connectivity index (χ0) is 19.6. The van der Waals surface area contributed by atoms with Crippen LogP contribution in [0.25, 0.3) is 0 Å². The molecule has 0 aliphatic carbocycles. The van der Waals surface area contributed by atoms with Gasteiger partial charge in [-0.2, -0.15) is 0 Å². The normalized spacial score (nSPS) is 26.1. The van der Waals surface area contributed by atoms with Crippen LogP contribution in [-0.2, 0) is 16.3 Å². The molecule has 3 aliphatic rings. The molecule has 2 amide bonds. The summed E-state index contributed by atoms with van der Waals surface area (Å²) in [5, 5.41) is 2.94. The minimum absolute atomic E-state index is 0.139. The molecule has 1 unspecified atom stereocenters. The van der Waals surface area contributed by atoms with Crippen molar-refractivity contribution in [3.63, 3.8) is 0 Å². The first-order valence-electron chi connectivity index (χ1n) is 10.5. The summed E-state index contributed by atoms with van der Waals surface area (Å²) in [5.74, 6) is 0.429. The Morgan fingerprint density at radius 1 is 1.11 bits per heavy atom. The summed E-state index contributed by atoms with van der Waals surface area (Å²) in [6, 6.07) is 9.90. The molecule has 3 aliphatic heterocycles. The second-order valence-corrected chi connectivity index (χ2v) is 11.0. The van der Waals surface area contributed by atoms with Crippen LogP contribution in [-0.4, -0.2) is 74.0 Å². The number of hydrogen-bond donors (Lipinski definition) is 1. The molecular formula is C21H31N3O3S. The average molecular weight is 406 g/mol. The third-order valence-electron chi connectivity index (χ3n) is 6.76. The minimum atomic E-state index is -3.13. The number of likely N-dealkylation sites (tertiary alicyclic amines) is 2. The minimum Gasteiger partial charge on any atom is -0.338 e. The van der Waals surface area contributed by atoms with Crippen LogP contribution in [0.15, 0.2) is 30.3 Å². The predicted octanol–water partition coefficient (Wildman–Crippen LogP) is 1.91. The molecule has 1 spiro atoms. The molecule has 28 heavy (non-hydrogen) atoms. The highest BCUT2D eigenvalue weighted by atomic mass is 32.2. The van der Waals surface area contributed by atoms with Crippen molar-refractivity contribution in [1.82, 2.24) is 15.1 Å². The highest BCUT2D eigenvalue weighted by Crippen LogP contribution is 2.45. The Labute approximate surface area is 168 Å². The second kappa shape index (κ2) is 8.03. The smallest absolute Gasteiger partial charge is 0.317 e. The number of piperidine rings is 1. The highest BCUT2D eigenvalue weighted by Gasteiger charge is 2.62. The summed E-state index contributed by atoms with van der Waals surface area (Å²) in [7, 11) is -3.13. The first kappa shape index (κ1) is 19.7. The third-order valence-corrected chi connectivity index (χ3v) is 9.37. The van der Waals surface area contributed by atoms with Gasteiger partial charge in [0.15, 0.2) is 9.84 Å². The van der Waals surface area contributed by atoms with Gasteiger partial charge in [0.1, 0.15) is 4.75 Å². The molecule has 7 heteroatoms. The monoisotopic (exact) mass is 405 g/mol. The largest absolute Gasteiger partial charge is 0.338 e. The van der Waals surface area contributed by atoms with E-state index in [1.54, 1.807) is 4.90 Å². The van der Waals surface area contributed by atoms with Gasteiger partial charge in [0.2, 0.25) is 0 Å². The summed E-state index contributed by atoms with van der Waals surface area (Å²) in [4.78, 5) is 16.6. The number of rotatable bonds is 5. The number of amides is 2. The van der Waals surface area contributed by atoms with Crippen LogP contribution in [0.2, 0.25) is 0 Å². The Balaban J connectivity index is 1.31. The Kier molecular flexibility index (Phi) is 5.65. The van der Waals surface area contributed by atoms with Crippen LogP contribution < -0.4 is 5.32 Å². The maximum absolute atomic E-state index is 12.8. The molecular weight excluding hydrogens is 374 g/mol. The number of nitrogens with zero attached hydrogens (tertiary/aromatic N) is 2. The summed E-state index contributed by atoms with van der Waals surface area (Å²) in [6.45, 7) is 4.29. The van der Waals surface area contributed by atoms with E-state index in [1.165, 1.54) is 24.8 Å². The molecule has 3 saturated heterocycles. The summed E-state index contributed by atoms with van der Waals surface area (Å²) >= 11 is 0.